The van der Waals surface area contributed by atoms with Crippen molar-refractivity contribution in [3.63, 3.8) is 0 Å². The van der Waals surface area contributed by atoms with Gasteiger partial charge in [-0.3, -0.25) is 10.1 Å². The van der Waals surface area contributed by atoms with Crippen LogP contribution in [0.3, 0.4) is 0 Å². The average Bonchev–Trinajstić information content (AvgIpc) is 3.32. The molecule has 1 amide bonds. The highest BCUT2D eigenvalue weighted by atomic mass is 32.1. The molecule has 0 fully saturated rings. The molecule has 4 aromatic rings. The van der Waals surface area contributed by atoms with Gasteiger partial charge in [0.15, 0.2) is 11.0 Å². The number of tetrazole rings is 1. The lowest BCUT2D eigenvalue weighted by Crippen LogP contribution is -2.11. The van der Waals surface area contributed by atoms with Crippen LogP contribution in [-0.2, 0) is 13.2 Å². The molecular formula is C19H18N6O2S. The number of amides is 1. The molecule has 0 radical (unpaired) electrons. The summed E-state index contributed by atoms with van der Waals surface area (Å²) in [4.78, 5) is 16.9. The van der Waals surface area contributed by atoms with E-state index in [2.05, 4.69) is 31.9 Å². The highest BCUT2D eigenvalue weighted by Gasteiger charge is 2.11. The molecule has 2 heterocycles. The number of rotatable bonds is 6. The molecule has 0 aliphatic carbocycles. The molecular weight excluding hydrogens is 376 g/mol. The van der Waals surface area contributed by atoms with Gasteiger partial charge in [-0.2, -0.15) is 0 Å². The van der Waals surface area contributed by atoms with Gasteiger partial charge in [0.2, 0.25) is 0 Å². The Kier molecular flexibility index (Phi) is 4.98. The number of aryl methyl sites for hydroxylation is 2. The zero-order valence-corrected chi connectivity index (χ0v) is 16.2. The molecule has 4 rings (SSSR count). The molecule has 0 unspecified atom stereocenters. The number of carbonyl (C=O) groups excluding carboxylic acids is 1. The second-order valence-corrected chi connectivity index (χ2v) is 7.20. The molecule has 8 nitrogen and oxygen atoms in total. The predicted molar refractivity (Wildman–Crippen MR) is 107 cm³/mol. The molecule has 9 heteroatoms. The first kappa shape index (κ1) is 18.1. The minimum absolute atomic E-state index is 0.211. The molecule has 0 aliphatic heterocycles. The summed E-state index contributed by atoms with van der Waals surface area (Å²) < 4.78 is 8.41. The first-order valence-electron chi connectivity index (χ1n) is 8.79. The van der Waals surface area contributed by atoms with Gasteiger partial charge in [0, 0.05) is 12.1 Å². The number of benzene rings is 2. The Hall–Kier alpha value is -3.33. The summed E-state index contributed by atoms with van der Waals surface area (Å²) in [5, 5.41) is 14.8. The van der Waals surface area contributed by atoms with Gasteiger partial charge in [-0.25, -0.2) is 9.67 Å². The van der Waals surface area contributed by atoms with Gasteiger partial charge in [-0.15, -0.1) is 5.10 Å². The van der Waals surface area contributed by atoms with E-state index < -0.39 is 0 Å². The van der Waals surface area contributed by atoms with E-state index in [9.17, 15) is 4.79 Å². The summed E-state index contributed by atoms with van der Waals surface area (Å²) in [5.74, 6) is 1.07. The average molecular weight is 394 g/mol. The summed E-state index contributed by atoms with van der Waals surface area (Å²) in [6.07, 6.45) is 0. The van der Waals surface area contributed by atoms with Gasteiger partial charge in [-0.05, 0) is 66.2 Å². The smallest absolute Gasteiger partial charge is 0.257 e. The third kappa shape index (κ3) is 3.84. The van der Waals surface area contributed by atoms with Crippen molar-refractivity contribution in [2.24, 2.45) is 0 Å². The van der Waals surface area contributed by atoms with Gasteiger partial charge in [-0.1, -0.05) is 17.4 Å². The first-order valence-corrected chi connectivity index (χ1v) is 9.60. The minimum Gasteiger partial charge on any atom is -0.486 e. The zero-order chi connectivity index (χ0) is 19.5. The molecule has 1 N–H and O–H groups in total. The number of fused-ring (bicyclic) bond motifs is 1. The fourth-order valence-corrected chi connectivity index (χ4v) is 3.64. The van der Waals surface area contributed by atoms with Crippen molar-refractivity contribution < 1.29 is 9.53 Å². The van der Waals surface area contributed by atoms with Crippen molar-refractivity contribution in [2.75, 3.05) is 5.32 Å². The Morgan fingerprint density at radius 1 is 1.21 bits per heavy atom. The third-order valence-corrected chi connectivity index (χ3v) is 5.09. The van der Waals surface area contributed by atoms with Crippen molar-refractivity contribution in [3.05, 3.63) is 59.4 Å². The highest BCUT2D eigenvalue weighted by molar-refractivity contribution is 7.22. The normalized spacial score (nSPS) is 10.9. The van der Waals surface area contributed by atoms with E-state index in [1.165, 1.54) is 11.3 Å². The van der Waals surface area contributed by atoms with E-state index in [0.717, 1.165) is 15.8 Å². The molecule has 0 bridgehead atoms. The minimum atomic E-state index is -0.211. The zero-order valence-electron chi connectivity index (χ0n) is 15.4. The first-order chi connectivity index (χ1) is 13.6. The Bertz CT molecular complexity index is 1120. The lowest BCUT2D eigenvalue weighted by molar-refractivity contribution is 0.102. The number of anilines is 1. The van der Waals surface area contributed by atoms with E-state index >= 15 is 0 Å². The highest BCUT2D eigenvalue weighted by Crippen LogP contribution is 2.27. The van der Waals surface area contributed by atoms with Gasteiger partial charge in [0.05, 0.1) is 10.2 Å². The lowest BCUT2D eigenvalue weighted by Gasteiger charge is -2.07. The number of nitrogens with zero attached hydrogens (tertiary/aromatic N) is 5. The van der Waals surface area contributed by atoms with Gasteiger partial charge < -0.3 is 4.74 Å². The Morgan fingerprint density at radius 3 is 2.82 bits per heavy atom. The van der Waals surface area contributed by atoms with Crippen molar-refractivity contribution in [1.82, 2.24) is 25.2 Å². The molecule has 0 atom stereocenters. The molecule has 0 aliphatic rings. The van der Waals surface area contributed by atoms with Crippen molar-refractivity contribution in [2.45, 2.75) is 27.0 Å². The molecule has 0 saturated carbocycles. The lowest BCUT2D eigenvalue weighted by atomic mass is 10.2. The maximum atomic E-state index is 12.5. The van der Waals surface area contributed by atoms with Crippen LogP contribution in [0.15, 0.2) is 42.5 Å². The van der Waals surface area contributed by atoms with Crippen LogP contribution < -0.4 is 10.1 Å². The maximum absolute atomic E-state index is 12.5. The fraction of sp³-hybridized carbons (Fsp3) is 0.211. The molecule has 0 saturated heterocycles. The maximum Gasteiger partial charge on any atom is 0.257 e. The molecule has 2 aromatic heterocycles. The van der Waals surface area contributed by atoms with E-state index in [1.807, 2.05) is 26.0 Å². The SMILES string of the molecule is CCn1nnnc1COc1ccc(C(=O)Nc2nc3ccc(C)cc3s2)cc1. The van der Waals surface area contributed by atoms with E-state index in [4.69, 9.17) is 4.74 Å². The second kappa shape index (κ2) is 7.73. The Morgan fingerprint density at radius 2 is 2.04 bits per heavy atom. The third-order valence-electron chi connectivity index (χ3n) is 4.15. The van der Waals surface area contributed by atoms with Crippen molar-refractivity contribution in [1.29, 1.82) is 0 Å². The van der Waals surface area contributed by atoms with Crippen molar-refractivity contribution in [3.8, 4) is 5.75 Å². The quantitative estimate of drug-likeness (QED) is 0.538. The summed E-state index contributed by atoms with van der Waals surface area (Å²) in [6, 6.07) is 12.9. The number of hydrogen-bond acceptors (Lipinski definition) is 7. The summed E-state index contributed by atoms with van der Waals surface area (Å²) in [7, 11) is 0. The number of carbonyl (C=O) groups is 1. The van der Waals surface area contributed by atoms with Crippen LogP contribution in [0.5, 0.6) is 5.75 Å². The molecule has 142 valence electrons. The number of ether oxygens (including phenoxy) is 1. The van der Waals surface area contributed by atoms with Crippen LogP contribution in [0.1, 0.15) is 28.7 Å². The largest absolute Gasteiger partial charge is 0.486 e. The summed E-state index contributed by atoms with van der Waals surface area (Å²) >= 11 is 1.46. The van der Waals surface area contributed by atoms with Crippen LogP contribution in [0.25, 0.3) is 10.2 Å². The number of thiazole rings is 1. The number of aromatic nitrogens is 5. The van der Waals surface area contributed by atoms with E-state index in [0.29, 0.717) is 28.8 Å². The topological polar surface area (TPSA) is 94.8 Å². The summed E-state index contributed by atoms with van der Waals surface area (Å²) in [5.41, 5.74) is 2.57. The van der Waals surface area contributed by atoms with Gasteiger partial charge in [0.1, 0.15) is 12.4 Å². The molecule has 28 heavy (non-hydrogen) atoms. The Balaban J connectivity index is 1.40. The van der Waals surface area contributed by atoms with Crippen molar-refractivity contribution >= 4 is 32.6 Å². The standard InChI is InChI=1S/C19H18N6O2S/c1-3-25-17(22-23-24-25)11-27-14-7-5-13(6-8-14)18(26)21-19-20-15-9-4-12(2)10-16(15)28-19/h4-10H,3,11H2,1-2H3,(H,20,21,26). The van der Waals surface area contributed by atoms with Crippen LogP contribution in [0.4, 0.5) is 5.13 Å². The van der Waals surface area contributed by atoms with Gasteiger partial charge in [0.25, 0.3) is 5.91 Å². The van der Waals surface area contributed by atoms with Crippen LogP contribution in [0.2, 0.25) is 0 Å². The van der Waals surface area contributed by atoms with Crippen LogP contribution >= 0.6 is 11.3 Å². The second-order valence-electron chi connectivity index (χ2n) is 6.17. The van der Waals surface area contributed by atoms with E-state index in [1.54, 1.807) is 28.9 Å². The monoisotopic (exact) mass is 394 g/mol. The predicted octanol–water partition coefficient (Wildman–Crippen LogP) is 3.44. The summed E-state index contributed by atoms with van der Waals surface area (Å²) in [6.45, 7) is 4.93. The molecule has 2 aromatic carbocycles. The Labute approximate surface area is 165 Å². The fourth-order valence-electron chi connectivity index (χ4n) is 2.68. The van der Waals surface area contributed by atoms with E-state index in [-0.39, 0.29) is 12.5 Å². The number of hydrogen-bond donors (Lipinski definition) is 1. The van der Waals surface area contributed by atoms with Crippen LogP contribution in [0, 0.1) is 6.92 Å². The van der Waals surface area contributed by atoms with Crippen LogP contribution in [-0.4, -0.2) is 31.1 Å². The molecule has 0 spiro atoms. The number of nitrogens with one attached hydrogen (secondary N) is 1. The van der Waals surface area contributed by atoms with Gasteiger partial charge >= 0.3 is 0 Å².